The normalized spacial score (nSPS) is 24.4. The van der Waals surface area contributed by atoms with E-state index in [1.165, 1.54) is 56.3 Å². The first-order valence-electron chi connectivity index (χ1n) is 9.67. The van der Waals surface area contributed by atoms with Crippen molar-refractivity contribution in [3.05, 3.63) is 0 Å². The summed E-state index contributed by atoms with van der Waals surface area (Å²) in [5.41, 5.74) is 0.456. The maximum absolute atomic E-state index is 11.6. The number of likely N-dealkylation sites (tertiary alicyclic amines) is 1. The second-order valence-electron chi connectivity index (χ2n) is 7.62. The van der Waals surface area contributed by atoms with Crippen molar-refractivity contribution in [2.24, 2.45) is 10.4 Å². The number of aliphatic imine (C=N–C) groups is 1. The Morgan fingerprint density at radius 3 is 2.52 bits per heavy atom. The average molecular weight is 349 g/mol. The van der Waals surface area contributed by atoms with Crippen molar-refractivity contribution in [1.29, 1.82) is 0 Å². The molecule has 0 aromatic rings. The first kappa shape index (κ1) is 18.0. The van der Waals surface area contributed by atoms with Crippen LogP contribution in [0.1, 0.15) is 51.4 Å². The Labute approximate surface area is 150 Å². The van der Waals surface area contributed by atoms with Gasteiger partial charge in [-0.1, -0.05) is 25.7 Å². The zero-order valence-electron chi connectivity index (χ0n) is 15.4. The summed E-state index contributed by atoms with van der Waals surface area (Å²) in [5.74, 6) is 0.743. The van der Waals surface area contributed by atoms with E-state index in [2.05, 4.69) is 20.5 Å². The summed E-state index contributed by atoms with van der Waals surface area (Å²) in [6.07, 6.45) is 10.7. The topological polar surface area (TPSA) is 77.0 Å². The Morgan fingerprint density at radius 2 is 1.88 bits per heavy atom. The van der Waals surface area contributed by atoms with Gasteiger partial charge in [0, 0.05) is 33.2 Å². The van der Waals surface area contributed by atoms with Gasteiger partial charge in [-0.25, -0.2) is 4.79 Å². The van der Waals surface area contributed by atoms with E-state index in [0.29, 0.717) is 18.5 Å². The number of carbonyl (C=O) groups excluding carboxylic acids is 2. The number of urea groups is 1. The van der Waals surface area contributed by atoms with Crippen LogP contribution in [-0.4, -0.2) is 67.5 Å². The van der Waals surface area contributed by atoms with Gasteiger partial charge in [0.1, 0.15) is 0 Å². The molecule has 3 rings (SSSR count). The lowest BCUT2D eigenvalue weighted by Gasteiger charge is -2.44. The standard InChI is InChI=1S/C18H31N5O2/c1-19-16(20-10-12-23-15(24)13-21-17(23)25)22-11-6-9-18(14-22)7-4-2-3-5-8-18/h2-14H2,1H3,(H,19,20)(H,21,25). The molecular formula is C18H31N5O2. The second-order valence-corrected chi connectivity index (χ2v) is 7.62. The lowest BCUT2D eigenvalue weighted by Crippen LogP contribution is -2.51. The zero-order chi connectivity index (χ0) is 17.7. The third-order valence-electron chi connectivity index (χ3n) is 5.89. The SMILES string of the molecule is CN=C(NCCN1C(=O)CNC1=O)N1CCCC2(CCCCCC2)C1. The van der Waals surface area contributed by atoms with Crippen molar-refractivity contribution >= 4 is 17.9 Å². The van der Waals surface area contributed by atoms with Crippen LogP contribution in [0.2, 0.25) is 0 Å². The van der Waals surface area contributed by atoms with Crippen molar-refractivity contribution in [3.8, 4) is 0 Å². The molecule has 7 heteroatoms. The fourth-order valence-corrected chi connectivity index (χ4v) is 4.57. The molecule has 3 aliphatic rings. The maximum atomic E-state index is 11.6. The molecular weight excluding hydrogens is 318 g/mol. The van der Waals surface area contributed by atoms with Gasteiger partial charge in [0.2, 0.25) is 5.91 Å². The highest BCUT2D eigenvalue weighted by Gasteiger charge is 2.36. The number of hydrogen-bond donors (Lipinski definition) is 2. The summed E-state index contributed by atoms with van der Waals surface area (Å²) in [6, 6.07) is -0.294. The summed E-state index contributed by atoms with van der Waals surface area (Å²) in [7, 11) is 1.81. The molecule has 3 fully saturated rings. The molecule has 1 aliphatic carbocycles. The van der Waals surface area contributed by atoms with E-state index < -0.39 is 0 Å². The number of nitrogens with zero attached hydrogens (tertiary/aromatic N) is 3. The highest BCUT2D eigenvalue weighted by atomic mass is 16.2. The molecule has 1 spiro atoms. The number of imide groups is 1. The average Bonchev–Trinajstić information content (AvgIpc) is 2.80. The molecule has 2 saturated heterocycles. The van der Waals surface area contributed by atoms with Gasteiger partial charge >= 0.3 is 6.03 Å². The molecule has 0 atom stereocenters. The smallest absolute Gasteiger partial charge is 0.324 e. The van der Waals surface area contributed by atoms with Crippen LogP contribution in [-0.2, 0) is 4.79 Å². The van der Waals surface area contributed by atoms with E-state index >= 15 is 0 Å². The van der Waals surface area contributed by atoms with Crippen molar-refractivity contribution in [3.63, 3.8) is 0 Å². The van der Waals surface area contributed by atoms with Gasteiger partial charge < -0.3 is 15.5 Å². The van der Waals surface area contributed by atoms with Crippen molar-refractivity contribution in [1.82, 2.24) is 20.4 Å². The molecule has 0 aromatic carbocycles. The Morgan fingerprint density at radius 1 is 1.16 bits per heavy atom. The molecule has 0 unspecified atom stereocenters. The van der Waals surface area contributed by atoms with Crippen LogP contribution >= 0.6 is 0 Å². The molecule has 0 aromatic heterocycles. The third kappa shape index (κ3) is 4.25. The van der Waals surface area contributed by atoms with Crippen LogP contribution in [0.3, 0.4) is 0 Å². The van der Waals surface area contributed by atoms with Gasteiger partial charge in [-0.15, -0.1) is 0 Å². The predicted octanol–water partition coefficient (Wildman–Crippen LogP) is 1.55. The quantitative estimate of drug-likeness (QED) is 0.460. The molecule has 25 heavy (non-hydrogen) atoms. The van der Waals surface area contributed by atoms with E-state index in [0.717, 1.165) is 19.0 Å². The minimum Gasteiger partial charge on any atom is -0.354 e. The molecule has 0 bridgehead atoms. The van der Waals surface area contributed by atoms with Gasteiger partial charge in [-0.05, 0) is 31.1 Å². The summed E-state index contributed by atoms with van der Waals surface area (Å²) >= 11 is 0. The molecule has 2 heterocycles. The van der Waals surface area contributed by atoms with Crippen molar-refractivity contribution in [2.75, 3.05) is 39.8 Å². The first-order chi connectivity index (χ1) is 12.1. The minimum atomic E-state index is -0.294. The lowest BCUT2D eigenvalue weighted by atomic mass is 9.74. The Kier molecular flexibility index (Phi) is 5.81. The van der Waals surface area contributed by atoms with Crippen LogP contribution in [0.25, 0.3) is 0 Å². The fourth-order valence-electron chi connectivity index (χ4n) is 4.57. The molecule has 0 radical (unpaired) electrons. The summed E-state index contributed by atoms with van der Waals surface area (Å²) in [5, 5.41) is 5.90. The zero-order valence-corrected chi connectivity index (χ0v) is 15.4. The maximum Gasteiger partial charge on any atom is 0.324 e. The van der Waals surface area contributed by atoms with E-state index in [1.807, 2.05) is 7.05 Å². The Hall–Kier alpha value is -1.79. The fraction of sp³-hybridized carbons (Fsp3) is 0.833. The second kappa shape index (κ2) is 8.06. The molecule has 2 N–H and O–H groups in total. The summed E-state index contributed by atoms with van der Waals surface area (Å²) in [4.78, 5) is 31.3. The predicted molar refractivity (Wildman–Crippen MR) is 97.4 cm³/mol. The Bertz CT molecular complexity index is 510. The van der Waals surface area contributed by atoms with E-state index in [1.54, 1.807) is 0 Å². The van der Waals surface area contributed by atoms with Gasteiger partial charge in [0.25, 0.3) is 0 Å². The summed E-state index contributed by atoms with van der Waals surface area (Å²) in [6.45, 7) is 3.14. The van der Waals surface area contributed by atoms with Crippen LogP contribution in [0.4, 0.5) is 4.79 Å². The molecule has 1 saturated carbocycles. The molecule has 7 nitrogen and oxygen atoms in total. The molecule has 140 valence electrons. The van der Waals surface area contributed by atoms with Gasteiger partial charge in [0.05, 0.1) is 6.54 Å². The monoisotopic (exact) mass is 349 g/mol. The van der Waals surface area contributed by atoms with Crippen LogP contribution in [0, 0.1) is 5.41 Å². The number of hydrogen-bond acceptors (Lipinski definition) is 3. The van der Waals surface area contributed by atoms with Crippen LogP contribution < -0.4 is 10.6 Å². The number of carbonyl (C=O) groups is 2. The van der Waals surface area contributed by atoms with Crippen LogP contribution in [0.15, 0.2) is 4.99 Å². The first-order valence-corrected chi connectivity index (χ1v) is 9.67. The van der Waals surface area contributed by atoms with Crippen molar-refractivity contribution < 1.29 is 9.59 Å². The number of piperidine rings is 1. The van der Waals surface area contributed by atoms with Gasteiger partial charge in [0.15, 0.2) is 5.96 Å². The highest BCUT2D eigenvalue weighted by molar-refractivity contribution is 6.01. The third-order valence-corrected chi connectivity index (χ3v) is 5.89. The molecule has 3 amide bonds. The molecule has 2 aliphatic heterocycles. The van der Waals surface area contributed by atoms with E-state index in [-0.39, 0.29) is 18.5 Å². The Balaban J connectivity index is 1.53. The lowest BCUT2D eigenvalue weighted by molar-refractivity contribution is -0.124. The number of rotatable bonds is 3. The van der Waals surface area contributed by atoms with E-state index in [4.69, 9.17) is 0 Å². The van der Waals surface area contributed by atoms with Crippen LogP contribution in [0.5, 0.6) is 0 Å². The largest absolute Gasteiger partial charge is 0.354 e. The summed E-state index contributed by atoms with van der Waals surface area (Å²) < 4.78 is 0. The van der Waals surface area contributed by atoms with E-state index in [9.17, 15) is 9.59 Å². The van der Waals surface area contributed by atoms with Gasteiger partial charge in [-0.3, -0.25) is 14.7 Å². The number of amides is 3. The number of guanidine groups is 1. The highest BCUT2D eigenvalue weighted by Crippen LogP contribution is 2.42. The minimum absolute atomic E-state index is 0.113. The number of nitrogens with one attached hydrogen (secondary N) is 2. The van der Waals surface area contributed by atoms with Gasteiger partial charge in [-0.2, -0.15) is 0 Å². The van der Waals surface area contributed by atoms with Crippen molar-refractivity contribution in [2.45, 2.75) is 51.4 Å².